The van der Waals surface area contributed by atoms with E-state index in [4.69, 9.17) is 29.4 Å². The van der Waals surface area contributed by atoms with Crippen molar-refractivity contribution in [3.8, 4) is 28.7 Å². The number of methoxy groups -OCH3 is 2. The predicted molar refractivity (Wildman–Crippen MR) is 141 cm³/mol. The molecular weight excluding hydrogens is 506 g/mol. The van der Waals surface area contributed by atoms with Crippen molar-refractivity contribution in [3.63, 3.8) is 0 Å². The zero-order chi connectivity index (χ0) is 27.5. The number of ether oxygens (including phenoxy) is 5. The number of hydrogen-bond donors (Lipinski definition) is 5. The summed E-state index contributed by atoms with van der Waals surface area (Å²) >= 11 is 0. The smallest absolute Gasteiger partial charge is 0.231 e. The Bertz CT molecular complexity index is 1170. The molecule has 1 unspecified atom stereocenters. The minimum absolute atomic E-state index is 0.0733. The maximum absolute atomic E-state index is 13.1. The van der Waals surface area contributed by atoms with E-state index in [1.165, 1.54) is 14.2 Å². The molecule has 5 atom stereocenters. The average molecular weight is 544 g/mol. The highest BCUT2D eigenvalue weighted by atomic mass is 16.7. The Hall–Kier alpha value is -3.25. The van der Waals surface area contributed by atoms with E-state index in [1.807, 2.05) is 12.1 Å². The number of benzene rings is 2. The Labute approximate surface area is 227 Å². The van der Waals surface area contributed by atoms with Gasteiger partial charge in [-0.2, -0.15) is 0 Å². The lowest BCUT2D eigenvalue weighted by Crippen LogP contribution is -2.43. The van der Waals surface area contributed by atoms with Crippen molar-refractivity contribution in [2.45, 2.75) is 37.5 Å². The quantitative estimate of drug-likeness (QED) is 0.265. The maximum Gasteiger partial charge on any atom is 0.231 e. The van der Waals surface area contributed by atoms with E-state index in [1.54, 1.807) is 12.1 Å². The fourth-order valence-corrected chi connectivity index (χ4v) is 5.98. The highest BCUT2D eigenvalue weighted by molar-refractivity contribution is 5.77. The third-order valence-electron chi connectivity index (χ3n) is 7.84. The number of phenolic OH excluding ortho intramolecular Hbond substituents is 1. The van der Waals surface area contributed by atoms with Gasteiger partial charge in [0, 0.05) is 24.2 Å². The number of aromatic hydroxyl groups is 1. The summed E-state index contributed by atoms with van der Waals surface area (Å²) in [7, 11) is 2.95. The maximum atomic E-state index is 13.1. The van der Waals surface area contributed by atoms with Gasteiger partial charge in [0.05, 0.1) is 26.9 Å². The highest BCUT2D eigenvalue weighted by Gasteiger charge is 2.52. The Kier molecular flexibility index (Phi) is 8.31. The van der Waals surface area contributed by atoms with Gasteiger partial charge in [0.25, 0.3) is 0 Å². The number of aliphatic hydroxyl groups excluding tert-OH is 1. The van der Waals surface area contributed by atoms with Crippen molar-refractivity contribution >= 4 is 5.91 Å². The lowest BCUT2D eigenvalue weighted by atomic mass is 9.65. The van der Waals surface area contributed by atoms with Crippen LogP contribution < -0.4 is 35.3 Å². The van der Waals surface area contributed by atoms with Crippen LogP contribution in [0.4, 0.5) is 0 Å². The summed E-state index contributed by atoms with van der Waals surface area (Å²) in [6.45, 7) is 2.57. The van der Waals surface area contributed by atoms with Gasteiger partial charge in [0.2, 0.25) is 18.4 Å². The molecular formula is C28H37N3O8. The number of amides is 1. The third-order valence-corrected chi connectivity index (χ3v) is 7.84. The Morgan fingerprint density at radius 1 is 1.05 bits per heavy atom. The van der Waals surface area contributed by atoms with E-state index in [-0.39, 0.29) is 54.3 Å². The molecule has 0 spiro atoms. The summed E-state index contributed by atoms with van der Waals surface area (Å²) in [4.78, 5) is 13.1. The van der Waals surface area contributed by atoms with Crippen LogP contribution in [0.5, 0.6) is 28.7 Å². The average Bonchev–Trinajstić information content (AvgIpc) is 3.56. The lowest BCUT2D eigenvalue weighted by Gasteiger charge is -2.41. The second-order valence-electron chi connectivity index (χ2n) is 10.1. The molecule has 2 aromatic rings. The predicted octanol–water partition coefficient (Wildman–Crippen LogP) is 1.74. The minimum Gasteiger partial charge on any atom is -0.502 e. The van der Waals surface area contributed by atoms with Crippen LogP contribution in [0, 0.1) is 11.8 Å². The van der Waals surface area contributed by atoms with E-state index in [2.05, 4.69) is 10.6 Å². The van der Waals surface area contributed by atoms with Crippen molar-refractivity contribution in [3.05, 3.63) is 41.0 Å². The van der Waals surface area contributed by atoms with Crippen LogP contribution in [0.3, 0.4) is 0 Å². The molecule has 1 fully saturated rings. The van der Waals surface area contributed by atoms with Crippen LogP contribution in [0.15, 0.2) is 24.3 Å². The topological polar surface area (TPSA) is 154 Å². The number of nitrogens with two attached hydrogens (primary N) is 1. The molecule has 6 N–H and O–H groups in total. The van der Waals surface area contributed by atoms with Crippen molar-refractivity contribution < 1.29 is 38.7 Å². The van der Waals surface area contributed by atoms with Gasteiger partial charge >= 0.3 is 0 Å². The van der Waals surface area contributed by atoms with Crippen LogP contribution in [-0.2, 0) is 9.53 Å². The molecule has 11 nitrogen and oxygen atoms in total. The molecule has 2 aromatic carbocycles. The first-order chi connectivity index (χ1) is 19.0. The normalized spacial score (nSPS) is 24.7. The summed E-state index contributed by atoms with van der Waals surface area (Å²) in [6.07, 6.45) is 0.894. The summed E-state index contributed by atoms with van der Waals surface area (Å²) in [5.41, 5.74) is 8.05. The van der Waals surface area contributed by atoms with Crippen LogP contribution in [0.25, 0.3) is 0 Å². The van der Waals surface area contributed by atoms with Crippen molar-refractivity contribution in [2.75, 3.05) is 47.3 Å². The van der Waals surface area contributed by atoms with Crippen molar-refractivity contribution in [1.29, 1.82) is 0 Å². The number of carbonyl (C=O) groups is 1. The first kappa shape index (κ1) is 27.3. The summed E-state index contributed by atoms with van der Waals surface area (Å²) in [5, 5.41) is 28.1. The first-order valence-corrected chi connectivity index (χ1v) is 13.3. The molecule has 0 bridgehead atoms. The van der Waals surface area contributed by atoms with E-state index < -0.39 is 12.3 Å². The number of rotatable bonds is 11. The second-order valence-corrected chi connectivity index (χ2v) is 10.1. The Balaban J connectivity index is 1.50. The van der Waals surface area contributed by atoms with Gasteiger partial charge in [-0.25, -0.2) is 0 Å². The molecule has 1 amide bonds. The largest absolute Gasteiger partial charge is 0.502 e. The fraction of sp³-hybridized carbons (Fsp3) is 0.536. The molecule has 0 aromatic heterocycles. The van der Waals surface area contributed by atoms with Gasteiger partial charge in [-0.1, -0.05) is 0 Å². The molecule has 212 valence electrons. The zero-order valence-electron chi connectivity index (χ0n) is 22.3. The standard InChI is InChI=1S/C28H37N3O8/c1-35-21-9-15(10-22(36-2)27(21)33)24-16-11-19-20(39-14-38-19)12-17(16)26(18-13-37-28(34)25(18)24)31-23(32)5-3-7-30-8-4-6-29/h9-12,18,24-26,28,30,33-34H,3-8,13-14,29H2,1-2H3,(H,31,32)/t18-,24+,25-,26+,28?/m0/s1. The van der Waals surface area contributed by atoms with Gasteiger partial charge in [0.1, 0.15) is 0 Å². The molecule has 0 saturated carbocycles. The Morgan fingerprint density at radius 2 is 1.72 bits per heavy atom. The van der Waals surface area contributed by atoms with Gasteiger partial charge in [-0.05, 0) is 73.4 Å². The summed E-state index contributed by atoms with van der Waals surface area (Å²) < 4.78 is 28.0. The lowest BCUT2D eigenvalue weighted by molar-refractivity contribution is -0.122. The van der Waals surface area contributed by atoms with Gasteiger partial charge in [-0.3, -0.25) is 4.79 Å². The van der Waals surface area contributed by atoms with E-state index in [9.17, 15) is 15.0 Å². The van der Waals surface area contributed by atoms with Gasteiger partial charge < -0.3 is 50.3 Å². The van der Waals surface area contributed by atoms with Crippen LogP contribution in [0.1, 0.15) is 47.9 Å². The molecule has 11 heteroatoms. The van der Waals surface area contributed by atoms with Crippen molar-refractivity contribution in [2.24, 2.45) is 17.6 Å². The summed E-state index contributed by atoms with van der Waals surface area (Å²) in [5.74, 6) is 0.574. The SMILES string of the molecule is COc1cc([C@@H]2c3cc4c(cc3[C@@H](NC(=O)CCCNCCCN)[C@H]3COC(O)[C@H]23)OCO4)cc(OC)c1O. The molecule has 39 heavy (non-hydrogen) atoms. The molecule has 5 rings (SSSR count). The van der Waals surface area contributed by atoms with Crippen LogP contribution in [0.2, 0.25) is 0 Å². The number of carbonyl (C=O) groups excluding carboxylic acids is 1. The monoisotopic (exact) mass is 543 g/mol. The molecule has 2 heterocycles. The highest BCUT2D eigenvalue weighted by Crippen LogP contribution is 2.56. The van der Waals surface area contributed by atoms with Gasteiger partial charge in [-0.15, -0.1) is 0 Å². The molecule has 1 saturated heterocycles. The van der Waals surface area contributed by atoms with Crippen LogP contribution >= 0.6 is 0 Å². The second kappa shape index (κ2) is 11.9. The third kappa shape index (κ3) is 5.31. The van der Waals surface area contributed by atoms with Crippen LogP contribution in [-0.4, -0.2) is 69.7 Å². The van der Waals surface area contributed by atoms with E-state index in [0.717, 1.165) is 36.2 Å². The van der Waals surface area contributed by atoms with Gasteiger partial charge in [0.15, 0.2) is 29.3 Å². The Morgan fingerprint density at radius 3 is 2.38 bits per heavy atom. The number of fused-ring (bicyclic) bond motifs is 3. The number of phenols is 1. The number of hydrogen-bond acceptors (Lipinski definition) is 10. The number of aliphatic hydroxyl groups is 1. The summed E-state index contributed by atoms with van der Waals surface area (Å²) in [6, 6.07) is 6.92. The minimum atomic E-state index is -1.06. The fourth-order valence-electron chi connectivity index (χ4n) is 5.98. The molecule has 3 aliphatic rings. The number of nitrogens with one attached hydrogen (secondary N) is 2. The first-order valence-electron chi connectivity index (χ1n) is 13.3. The molecule has 2 aliphatic heterocycles. The van der Waals surface area contributed by atoms with E-state index >= 15 is 0 Å². The molecule has 1 aliphatic carbocycles. The zero-order valence-corrected chi connectivity index (χ0v) is 22.3. The van der Waals surface area contributed by atoms with Crippen molar-refractivity contribution in [1.82, 2.24) is 10.6 Å². The molecule has 0 radical (unpaired) electrons. The van der Waals surface area contributed by atoms with E-state index in [0.29, 0.717) is 30.9 Å².